The molecule has 0 N–H and O–H groups in total. The van der Waals surface area contributed by atoms with Crippen LogP contribution in [0.25, 0.3) is 11.3 Å². The van der Waals surface area contributed by atoms with Crippen LogP contribution in [0.4, 0.5) is 0 Å². The number of aryl methyl sites for hydroxylation is 2. The molecule has 1 aromatic heterocycles. The van der Waals surface area contributed by atoms with Crippen molar-refractivity contribution in [2.24, 2.45) is 0 Å². The number of hydrogen-bond donors (Lipinski definition) is 0. The van der Waals surface area contributed by atoms with E-state index in [1.54, 1.807) is 17.0 Å². The molecule has 1 fully saturated rings. The van der Waals surface area contributed by atoms with E-state index in [4.69, 9.17) is 34.8 Å². The molecule has 0 saturated carbocycles. The van der Waals surface area contributed by atoms with Gasteiger partial charge in [0.25, 0.3) is 5.91 Å². The minimum atomic E-state index is -0.155. The van der Waals surface area contributed by atoms with Gasteiger partial charge in [0.2, 0.25) is 0 Å². The Bertz CT molecular complexity index is 1160. The van der Waals surface area contributed by atoms with Crippen LogP contribution >= 0.6 is 47.2 Å². The first-order chi connectivity index (χ1) is 15.7. The highest BCUT2D eigenvalue weighted by molar-refractivity contribution is 6.42. The smallest absolute Gasteiger partial charge is 0.256 e. The van der Waals surface area contributed by atoms with Gasteiger partial charge in [-0.25, -0.2) is 0 Å². The maximum absolute atomic E-state index is 13.0. The SMILES string of the molecule is Cc1cc(-c2cc(CN3CCN(C(=O)c4c(Cl)cc(Cl)cc4Cl)CC3)ccn2)cc(C)c1C.Cl. The predicted molar refractivity (Wildman–Crippen MR) is 144 cm³/mol. The van der Waals surface area contributed by atoms with Gasteiger partial charge in [-0.05, 0) is 79.4 Å². The van der Waals surface area contributed by atoms with Crippen molar-refractivity contribution in [2.45, 2.75) is 27.3 Å². The molecule has 0 atom stereocenters. The quantitative estimate of drug-likeness (QED) is 0.358. The Hall–Kier alpha value is -1.82. The minimum Gasteiger partial charge on any atom is -0.336 e. The van der Waals surface area contributed by atoms with Crippen LogP contribution in [0.5, 0.6) is 0 Å². The molecule has 0 aliphatic carbocycles. The van der Waals surface area contributed by atoms with E-state index in [0.717, 1.165) is 30.9 Å². The second kappa shape index (κ2) is 11.3. The molecule has 1 amide bonds. The lowest BCUT2D eigenvalue weighted by molar-refractivity contribution is 0.0629. The summed E-state index contributed by atoms with van der Waals surface area (Å²) in [5.74, 6) is -0.155. The van der Waals surface area contributed by atoms with Crippen LogP contribution in [0.2, 0.25) is 15.1 Å². The summed E-state index contributed by atoms with van der Waals surface area (Å²) in [6.45, 7) is 10.0. The molecule has 8 heteroatoms. The number of carbonyl (C=O) groups excluding carboxylic acids is 1. The van der Waals surface area contributed by atoms with Crippen LogP contribution in [0.15, 0.2) is 42.6 Å². The molecule has 180 valence electrons. The van der Waals surface area contributed by atoms with Crippen molar-refractivity contribution >= 4 is 53.1 Å². The molecule has 4 rings (SSSR count). The number of halogens is 4. The molecule has 0 spiro atoms. The average molecular weight is 539 g/mol. The van der Waals surface area contributed by atoms with Crippen molar-refractivity contribution in [3.8, 4) is 11.3 Å². The molecule has 0 bridgehead atoms. The summed E-state index contributed by atoms with van der Waals surface area (Å²) in [4.78, 5) is 21.7. The van der Waals surface area contributed by atoms with E-state index in [9.17, 15) is 4.79 Å². The first kappa shape index (κ1) is 26.8. The van der Waals surface area contributed by atoms with Gasteiger partial charge in [0.05, 0.1) is 21.3 Å². The van der Waals surface area contributed by atoms with Crippen LogP contribution in [-0.4, -0.2) is 46.9 Å². The third kappa shape index (κ3) is 5.87. The topological polar surface area (TPSA) is 36.4 Å². The Labute approximate surface area is 222 Å². The third-order valence-electron chi connectivity index (χ3n) is 6.33. The first-order valence-electron chi connectivity index (χ1n) is 10.9. The maximum Gasteiger partial charge on any atom is 0.256 e. The number of benzene rings is 2. The van der Waals surface area contributed by atoms with Crippen molar-refractivity contribution in [3.05, 3.63) is 85.5 Å². The monoisotopic (exact) mass is 537 g/mol. The van der Waals surface area contributed by atoms with Crippen LogP contribution in [0.1, 0.15) is 32.6 Å². The number of hydrogen-bond acceptors (Lipinski definition) is 3. The van der Waals surface area contributed by atoms with Crippen molar-refractivity contribution in [2.75, 3.05) is 26.2 Å². The third-order valence-corrected chi connectivity index (χ3v) is 7.15. The molecule has 0 radical (unpaired) electrons. The van der Waals surface area contributed by atoms with Gasteiger partial charge in [0.1, 0.15) is 0 Å². The average Bonchev–Trinajstić information content (AvgIpc) is 2.77. The molecule has 2 aromatic carbocycles. The lowest BCUT2D eigenvalue weighted by atomic mass is 9.98. The molecule has 1 saturated heterocycles. The molecule has 34 heavy (non-hydrogen) atoms. The molecule has 0 unspecified atom stereocenters. The van der Waals surface area contributed by atoms with Crippen molar-refractivity contribution in [1.29, 1.82) is 0 Å². The largest absolute Gasteiger partial charge is 0.336 e. The van der Waals surface area contributed by atoms with E-state index in [1.807, 2.05) is 6.20 Å². The minimum absolute atomic E-state index is 0. The fourth-order valence-corrected chi connectivity index (χ4v) is 5.16. The zero-order valence-corrected chi connectivity index (χ0v) is 22.5. The second-order valence-corrected chi connectivity index (χ2v) is 9.85. The number of piperazine rings is 1. The summed E-state index contributed by atoms with van der Waals surface area (Å²) in [5, 5.41) is 0.982. The number of pyridine rings is 1. The van der Waals surface area contributed by atoms with Gasteiger partial charge >= 0.3 is 0 Å². The second-order valence-electron chi connectivity index (χ2n) is 8.60. The Morgan fingerprint density at radius 2 is 1.50 bits per heavy atom. The van der Waals surface area contributed by atoms with Crippen molar-refractivity contribution in [3.63, 3.8) is 0 Å². The maximum atomic E-state index is 13.0. The summed E-state index contributed by atoms with van der Waals surface area (Å²) in [5.41, 5.74) is 7.53. The molecular formula is C26H27Cl4N3O. The van der Waals surface area contributed by atoms with Gasteiger partial charge in [-0.3, -0.25) is 14.7 Å². The summed E-state index contributed by atoms with van der Waals surface area (Å²) >= 11 is 18.5. The van der Waals surface area contributed by atoms with Gasteiger partial charge in [0, 0.05) is 49.5 Å². The zero-order chi connectivity index (χ0) is 23.7. The lowest BCUT2D eigenvalue weighted by Gasteiger charge is -2.35. The summed E-state index contributed by atoms with van der Waals surface area (Å²) in [6.07, 6.45) is 1.87. The highest BCUT2D eigenvalue weighted by atomic mass is 35.5. The van der Waals surface area contributed by atoms with E-state index in [-0.39, 0.29) is 28.4 Å². The Morgan fingerprint density at radius 1 is 0.912 bits per heavy atom. The van der Waals surface area contributed by atoms with E-state index < -0.39 is 0 Å². The summed E-state index contributed by atoms with van der Waals surface area (Å²) in [7, 11) is 0. The van der Waals surface area contributed by atoms with Gasteiger partial charge in [-0.1, -0.05) is 34.8 Å². The van der Waals surface area contributed by atoms with Gasteiger partial charge in [0.15, 0.2) is 0 Å². The molecule has 1 aliphatic heterocycles. The van der Waals surface area contributed by atoms with Crippen LogP contribution in [0.3, 0.4) is 0 Å². The van der Waals surface area contributed by atoms with Crippen LogP contribution in [-0.2, 0) is 6.54 Å². The standard InChI is InChI=1S/C26H26Cl3N3O.ClH/c1-16-10-20(11-17(2)18(16)3)24-12-19(4-5-30-24)15-31-6-8-32(9-7-31)26(33)25-22(28)13-21(27)14-23(25)29;/h4-5,10-14H,6-9,15H2,1-3H3;1H. The zero-order valence-electron chi connectivity index (χ0n) is 19.4. The number of amides is 1. The number of carbonyl (C=O) groups is 1. The fraction of sp³-hybridized carbons (Fsp3) is 0.308. The van der Waals surface area contributed by atoms with Gasteiger partial charge in [-0.2, -0.15) is 0 Å². The molecule has 2 heterocycles. The lowest BCUT2D eigenvalue weighted by Crippen LogP contribution is -2.48. The Morgan fingerprint density at radius 3 is 2.09 bits per heavy atom. The van der Waals surface area contributed by atoms with Crippen molar-refractivity contribution in [1.82, 2.24) is 14.8 Å². The van der Waals surface area contributed by atoms with E-state index in [0.29, 0.717) is 23.7 Å². The number of aromatic nitrogens is 1. The predicted octanol–water partition coefficient (Wildman–Crippen LogP) is 7.01. The highest BCUT2D eigenvalue weighted by Gasteiger charge is 2.26. The number of nitrogens with zero attached hydrogens (tertiary/aromatic N) is 3. The van der Waals surface area contributed by atoms with Crippen LogP contribution in [0, 0.1) is 20.8 Å². The van der Waals surface area contributed by atoms with Gasteiger partial charge < -0.3 is 4.90 Å². The molecule has 4 nitrogen and oxygen atoms in total. The van der Waals surface area contributed by atoms with Crippen molar-refractivity contribution < 1.29 is 4.79 Å². The Kier molecular flexibility index (Phi) is 8.88. The van der Waals surface area contributed by atoms with Gasteiger partial charge in [-0.15, -0.1) is 12.4 Å². The summed E-state index contributed by atoms with van der Waals surface area (Å²) < 4.78 is 0. The molecular weight excluding hydrogens is 512 g/mol. The Balaban J connectivity index is 0.00000324. The number of rotatable bonds is 4. The molecule has 1 aliphatic rings. The normalized spacial score (nSPS) is 14.1. The van der Waals surface area contributed by atoms with E-state index in [1.165, 1.54) is 22.3 Å². The fourth-order valence-electron chi connectivity index (χ4n) is 4.19. The van der Waals surface area contributed by atoms with Crippen LogP contribution < -0.4 is 0 Å². The molecule has 3 aromatic rings. The first-order valence-corrected chi connectivity index (χ1v) is 12.1. The van der Waals surface area contributed by atoms with E-state index >= 15 is 0 Å². The summed E-state index contributed by atoms with van der Waals surface area (Å²) in [6, 6.07) is 11.7. The van der Waals surface area contributed by atoms with E-state index in [2.05, 4.69) is 54.9 Å². The highest BCUT2D eigenvalue weighted by Crippen LogP contribution is 2.30.